The minimum absolute atomic E-state index is 0.110. The zero-order chi connectivity index (χ0) is 19.4. The summed E-state index contributed by atoms with van der Waals surface area (Å²) in [6, 6.07) is 5.43. The Labute approximate surface area is 161 Å². The molecule has 0 aliphatic heterocycles. The molecule has 0 aliphatic rings. The van der Waals surface area contributed by atoms with E-state index in [9.17, 15) is 9.90 Å². The Morgan fingerprint density at radius 3 is 2.67 bits per heavy atom. The molecule has 0 aliphatic carbocycles. The fourth-order valence-corrected chi connectivity index (χ4v) is 3.35. The maximum Gasteiger partial charge on any atom is 0.251 e. The van der Waals surface area contributed by atoms with E-state index >= 15 is 0 Å². The lowest BCUT2D eigenvalue weighted by Crippen LogP contribution is -2.29. The van der Waals surface area contributed by atoms with Crippen molar-refractivity contribution in [2.75, 3.05) is 6.54 Å². The van der Waals surface area contributed by atoms with Crippen molar-refractivity contribution in [3.63, 3.8) is 0 Å². The van der Waals surface area contributed by atoms with Gasteiger partial charge in [0.05, 0.1) is 21.6 Å². The second kappa shape index (κ2) is 8.08. The summed E-state index contributed by atoms with van der Waals surface area (Å²) < 4.78 is 0. The number of carbonyl (C=O) groups is 1. The van der Waals surface area contributed by atoms with E-state index in [2.05, 4.69) is 26.2 Å². The van der Waals surface area contributed by atoms with Crippen molar-refractivity contribution in [3.8, 4) is 23.7 Å². The number of nitrogens with zero attached hydrogens (tertiary/aromatic N) is 3. The van der Waals surface area contributed by atoms with Crippen molar-refractivity contribution in [3.05, 3.63) is 63.4 Å². The van der Waals surface area contributed by atoms with Gasteiger partial charge < -0.3 is 10.4 Å². The predicted molar refractivity (Wildman–Crippen MR) is 104 cm³/mol. The van der Waals surface area contributed by atoms with Gasteiger partial charge in [-0.2, -0.15) is 0 Å². The number of aliphatic hydroxyl groups is 1. The molecular formula is C20H18N4O2S. The van der Waals surface area contributed by atoms with Crippen LogP contribution >= 0.6 is 11.3 Å². The fourth-order valence-electron chi connectivity index (χ4n) is 2.57. The molecule has 0 saturated heterocycles. The number of terminal acetylenes is 1. The molecule has 1 atom stereocenters. The predicted octanol–water partition coefficient (Wildman–Crippen LogP) is 2.66. The lowest BCUT2D eigenvalue weighted by Gasteiger charge is -2.13. The lowest BCUT2D eigenvalue weighted by atomic mass is 10.0. The number of hydrogen-bond acceptors (Lipinski definition) is 6. The van der Waals surface area contributed by atoms with Crippen molar-refractivity contribution >= 4 is 17.2 Å². The Hall–Kier alpha value is -3.08. The monoisotopic (exact) mass is 378 g/mol. The topological polar surface area (TPSA) is 88.0 Å². The standard InChI is InChI=1S/C20H18N4O2S/c1-4-14-8-21-19(22-9-14)15-6-5-12(2)16(7-15)20(26)23-10-17(25)18-13(3)24-11-27-18/h1,5-9,11,17,25H,10H2,2-3H3,(H,23,26)/t17-/m1/s1. The smallest absolute Gasteiger partial charge is 0.251 e. The summed E-state index contributed by atoms with van der Waals surface area (Å²) in [7, 11) is 0. The highest BCUT2D eigenvalue weighted by Crippen LogP contribution is 2.22. The van der Waals surface area contributed by atoms with E-state index in [1.54, 1.807) is 24.0 Å². The molecule has 0 unspecified atom stereocenters. The van der Waals surface area contributed by atoms with Crippen LogP contribution in [0.5, 0.6) is 0 Å². The Bertz CT molecular complexity index is 1010. The van der Waals surface area contributed by atoms with Crippen molar-refractivity contribution in [1.82, 2.24) is 20.3 Å². The molecule has 27 heavy (non-hydrogen) atoms. The summed E-state index contributed by atoms with van der Waals surface area (Å²) >= 11 is 1.37. The molecule has 2 N–H and O–H groups in total. The SMILES string of the molecule is C#Cc1cnc(-c2ccc(C)c(C(=O)NC[C@@H](O)c3scnc3C)c2)nc1. The molecule has 2 aromatic heterocycles. The molecule has 1 amide bonds. The first-order valence-corrected chi connectivity index (χ1v) is 9.13. The number of benzene rings is 1. The second-order valence-corrected chi connectivity index (χ2v) is 6.88. The normalized spacial score (nSPS) is 11.6. The minimum atomic E-state index is -0.787. The molecule has 0 saturated carbocycles. The van der Waals surface area contributed by atoms with Crippen molar-refractivity contribution < 1.29 is 9.90 Å². The molecular weight excluding hydrogens is 360 g/mol. The zero-order valence-electron chi connectivity index (χ0n) is 14.9. The van der Waals surface area contributed by atoms with Gasteiger partial charge in [-0.1, -0.05) is 18.1 Å². The quantitative estimate of drug-likeness (QED) is 0.667. The third-order valence-electron chi connectivity index (χ3n) is 4.10. The molecule has 0 bridgehead atoms. The molecule has 0 spiro atoms. The van der Waals surface area contributed by atoms with Crippen LogP contribution in [-0.2, 0) is 0 Å². The number of nitrogens with one attached hydrogen (secondary N) is 1. The summed E-state index contributed by atoms with van der Waals surface area (Å²) in [4.78, 5) is 25.9. The first-order valence-electron chi connectivity index (χ1n) is 8.25. The third kappa shape index (κ3) is 4.19. The van der Waals surface area contributed by atoms with E-state index in [4.69, 9.17) is 6.42 Å². The molecule has 2 heterocycles. The van der Waals surface area contributed by atoms with Gasteiger partial charge in [-0.3, -0.25) is 4.79 Å². The number of hydrogen-bond donors (Lipinski definition) is 2. The van der Waals surface area contributed by atoms with E-state index in [-0.39, 0.29) is 12.5 Å². The summed E-state index contributed by atoms with van der Waals surface area (Å²) in [5.74, 6) is 2.69. The Morgan fingerprint density at radius 1 is 1.30 bits per heavy atom. The minimum Gasteiger partial charge on any atom is -0.386 e. The number of thiazole rings is 1. The van der Waals surface area contributed by atoms with Crippen LogP contribution in [0.25, 0.3) is 11.4 Å². The van der Waals surface area contributed by atoms with Gasteiger partial charge in [0, 0.05) is 30.1 Å². The molecule has 3 rings (SSSR count). The van der Waals surface area contributed by atoms with Crippen LogP contribution in [0.3, 0.4) is 0 Å². The maximum atomic E-state index is 12.6. The zero-order valence-corrected chi connectivity index (χ0v) is 15.7. The molecule has 136 valence electrons. The van der Waals surface area contributed by atoms with Crippen molar-refractivity contribution in [2.24, 2.45) is 0 Å². The maximum absolute atomic E-state index is 12.6. The van der Waals surface area contributed by atoms with Gasteiger partial charge in [-0.05, 0) is 25.5 Å². The van der Waals surface area contributed by atoms with Gasteiger partial charge in [0.1, 0.15) is 6.10 Å². The van der Waals surface area contributed by atoms with Gasteiger partial charge in [0.25, 0.3) is 5.91 Å². The largest absolute Gasteiger partial charge is 0.386 e. The van der Waals surface area contributed by atoms with Gasteiger partial charge in [-0.25, -0.2) is 15.0 Å². The van der Waals surface area contributed by atoms with Crippen LogP contribution in [0.4, 0.5) is 0 Å². The second-order valence-electron chi connectivity index (χ2n) is 6.00. The van der Waals surface area contributed by atoms with Crippen LogP contribution in [-0.4, -0.2) is 32.5 Å². The summed E-state index contributed by atoms with van der Waals surface area (Å²) in [6.45, 7) is 3.79. The summed E-state index contributed by atoms with van der Waals surface area (Å²) in [5.41, 5.74) is 5.08. The van der Waals surface area contributed by atoms with Crippen LogP contribution in [0.15, 0.2) is 36.1 Å². The van der Waals surface area contributed by atoms with E-state index in [0.717, 1.165) is 16.1 Å². The van der Waals surface area contributed by atoms with Gasteiger partial charge in [0.2, 0.25) is 0 Å². The molecule has 0 radical (unpaired) electrons. The Balaban J connectivity index is 1.76. The first kappa shape index (κ1) is 18.7. The summed E-state index contributed by atoms with van der Waals surface area (Å²) in [5, 5.41) is 13.0. The number of aliphatic hydroxyl groups excluding tert-OH is 1. The van der Waals surface area contributed by atoms with Crippen LogP contribution < -0.4 is 5.32 Å². The highest BCUT2D eigenvalue weighted by Gasteiger charge is 2.16. The third-order valence-corrected chi connectivity index (χ3v) is 5.13. The number of rotatable bonds is 5. The van der Waals surface area contributed by atoms with E-state index < -0.39 is 6.10 Å². The molecule has 3 aromatic rings. The van der Waals surface area contributed by atoms with Gasteiger partial charge in [-0.15, -0.1) is 17.8 Å². The molecule has 0 fully saturated rings. The van der Waals surface area contributed by atoms with Crippen molar-refractivity contribution in [2.45, 2.75) is 20.0 Å². The van der Waals surface area contributed by atoms with Gasteiger partial charge >= 0.3 is 0 Å². The molecule has 6 nitrogen and oxygen atoms in total. The number of aryl methyl sites for hydroxylation is 2. The number of aromatic nitrogens is 3. The number of carbonyl (C=O) groups excluding carboxylic acids is 1. The van der Waals surface area contributed by atoms with Crippen LogP contribution in [0, 0.1) is 26.2 Å². The average molecular weight is 378 g/mol. The van der Waals surface area contributed by atoms with Crippen LogP contribution in [0.2, 0.25) is 0 Å². The van der Waals surface area contributed by atoms with E-state index in [0.29, 0.717) is 22.5 Å². The van der Waals surface area contributed by atoms with E-state index in [1.165, 1.54) is 11.3 Å². The van der Waals surface area contributed by atoms with Gasteiger partial charge in [0.15, 0.2) is 5.82 Å². The first-order chi connectivity index (χ1) is 13.0. The van der Waals surface area contributed by atoms with Crippen LogP contribution in [0.1, 0.15) is 38.2 Å². The lowest BCUT2D eigenvalue weighted by molar-refractivity contribution is 0.0917. The Kier molecular flexibility index (Phi) is 5.60. The molecule has 7 heteroatoms. The average Bonchev–Trinajstić information content (AvgIpc) is 3.12. The summed E-state index contributed by atoms with van der Waals surface area (Å²) in [6.07, 6.45) is 7.66. The number of amides is 1. The van der Waals surface area contributed by atoms with Crippen molar-refractivity contribution in [1.29, 1.82) is 0 Å². The Morgan fingerprint density at radius 2 is 2.04 bits per heavy atom. The molecule has 1 aromatic carbocycles. The highest BCUT2D eigenvalue weighted by molar-refractivity contribution is 7.09. The fraction of sp³-hybridized carbons (Fsp3) is 0.200. The highest BCUT2D eigenvalue weighted by atomic mass is 32.1. The van der Waals surface area contributed by atoms with E-state index in [1.807, 2.05) is 26.0 Å².